The molecular weight excluding hydrogens is 534 g/mol. The first-order valence-corrected chi connectivity index (χ1v) is 14.0. The summed E-state index contributed by atoms with van der Waals surface area (Å²) < 4.78 is 59.0. The van der Waals surface area contributed by atoms with Crippen LogP contribution in [-0.4, -0.2) is 170 Å². The number of carboxylic acids is 1. The monoisotopic (exact) mass is 587 g/mol. The van der Waals surface area contributed by atoms with Crippen LogP contribution in [0, 0.1) is 0 Å². The second-order valence-corrected chi connectivity index (χ2v) is 8.01. The molecule has 0 bridgehead atoms. The number of aliphatic carboxylic acids is 1. The third-order valence-electron chi connectivity index (χ3n) is 4.72. The summed E-state index contributed by atoms with van der Waals surface area (Å²) in [6.07, 6.45) is 0.110. The van der Waals surface area contributed by atoms with Crippen molar-refractivity contribution >= 4 is 5.97 Å². The molecular formula is C26H53NO13. The molecule has 240 valence electrons. The van der Waals surface area contributed by atoms with Crippen molar-refractivity contribution in [3.05, 3.63) is 0 Å². The molecule has 40 heavy (non-hydrogen) atoms. The van der Waals surface area contributed by atoms with Gasteiger partial charge in [0.2, 0.25) is 0 Å². The lowest BCUT2D eigenvalue weighted by Gasteiger charge is -2.09. The summed E-state index contributed by atoms with van der Waals surface area (Å²) in [7, 11) is 1.64. The number of methoxy groups -OCH3 is 1. The van der Waals surface area contributed by atoms with Gasteiger partial charge in [-0.25, -0.2) is 0 Å². The lowest BCUT2D eigenvalue weighted by atomic mass is 10.4. The Kier molecular flexibility index (Phi) is 35.1. The van der Waals surface area contributed by atoms with Gasteiger partial charge < -0.3 is 62.5 Å². The van der Waals surface area contributed by atoms with Gasteiger partial charge in [0.1, 0.15) is 0 Å². The highest BCUT2D eigenvalue weighted by Gasteiger charge is 1.97. The Morgan fingerprint density at radius 1 is 0.425 bits per heavy atom. The highest BCUT2D eigenvalue weighted by Crippen LogP contribution is 1.87. The van der Waals surface area contributed by atoms with Crippen LogP contribution >= 0.6 is 0 Å². The number of hydrogen-bond donors (Lipinski definition) is 2. The molecule has 0 atom stereocenters. The Labute approximate surface area is 239 Å². The molecule has 0 fully saturated rings. The molecule has 2 N–H and O–H groups in total. The molecule has 0 radical (unpaired) electrons. The summed E-state index contributed by atoms with van der Waals surface area (Å²) in [5.74, 6) is -0.811. The lowest BCUT2D eigenvalue weighted by Crippen LogP contribution is -2.23. The van der Waals surface area contributed by atoms with Crippen molar-refractivity contribution in [2.45, 2.75) is 6.42 Å². The Morgan fingerprint density at radius 3 is 0.925 bits per heavy atom. The van der Waals surface area contributed by atoms with Gasteiger partial charge in [-0.3, -0.25) is 4.79 Å². The molecule has 0 saturated heterocycles. The number of hydrogen-bond acceptors (Lipinski definition) is 13. The van der Waals surface area contributed by atoms with Gasteiger partial charge >= 0.3 is 5.97 Å². The van der Waals surface area contributed by atoms with Gasteiger partial charge in [-0.2, -0.15) is 0 Å². The van der Waals surface area contributed by atoms with Crippen molar-refractivity contribution in [3.8, 4) is 0 Å². The third-order valence-corrected chi connectivity index (χ3v) is 4.72. The van der Waals surface area contributed by atoms with Crippen molar-refractivity contribution in [2.75, 3.05) is 159 Å². The van der Waals surface area contributed by atoms with Crippen LogP contribution in [0.15, 0.2) is 0 Å². The summed E-state index contributed by atoms with van der Waals surface area (Å²) in [5, 5.41) is 11.5. The third kappa shape index (κ3) is 37.0. The highest BCUT2D eigenvalue weighted by atomic mass is 16.6. The molecule has 0 aromatic carbocycles. The molecule has 14 heteroatoms. The predicted molar refractivity (Wildman–Crippen MR) is 145 cm³/mol. The van der Waals surface area contributed by atoms with E-state index in [4.69, 9.17) is 57.2 Å². The molecule has 0 unspecified atom stereocenters. The van der Waals surface area contributed by atoms with Gasteiger partial charge in [0, 0.05) is 20.2 Å². The number of nitrogens with one attached hydrogen (secondary N) is 1. The average molecular weight is 588 g/mol. The SMILES string of the molecule is COCCOCCOCCOCCOCCOCCOCCOCCOCCOCCOCCNCCC(=O)O. The Bertz CT molecular complexity index is 492. The summed E-state index contributed by atoms with van der Waals surface area (Å²) in [5.41, 5.74) is 0. The van der Waals surface area contributed by atoms with E-state index in [0.29, 0.717) is 152 Å². The van der Waals surface area contributed by atoms with E-state index < -0.39 is 5.97 Å². The second kappa shape index (κ2) is 36.0. The predicted octanol–water partition coefficient (Wildman–Crippen LogP) is -0.137. The minimum atomic E-state index is -0.811. The fraction of sp³-hybridized carbons (Fsp3) is 0.962. The fourth-order valence-electron chi connectivity index (χ4n) is 2.69. The molecule has 0 saturated carbocycles. The molecule has 0 aromatic heterocycles. The smallest absolute Gasteiger partial charge is 0.304 e. The van der Waals surface area contributed by atoms with Crippen molar-refractivity contribution in [3.63, 3.8) is 0 Å². The van der Waals surface area contributed by atoms with E-state index in [-0.39, 0.29) is 6.42 Å². The summed E-state index contributed by atoms with van der Waals surface area (Å²) in [6, 6.07) is 0. The summed E-state index contributed by atoms with van der Waals surface area (Å²) >= 11 is 0. The summed E-state index contributed by atoms with van der Waals surface area (Å²) in [4.78, 5) is 10.4. The number of rotatable bonds is 36. The topological polar surface area (TPSA) is 151 Å². The van der Waals surface area contributed by atoms with Gasteiger partial charge in [-0.05, 0) is 0 Å². The van der Waals surface area contributed by atoms with E-state index in [1.165, 1.54) is 0 Å². The highest BCUT2D eigenvalue weighted by molar-refractivity contribution is 5.66. The maximum Gasteiger partial charge on any atom is 0.304 e. The minimum absolute atomic E-state index is 0.110. The van der Waals surface area contributed by atoms with Crippen LogP contribution < -0.4 is 5.32 Å². The zero-order valence-electron chi connectivity index (χ0n) is 24.3. The quantitative estimate of drug-likeness (QED) is 0.0936. The van der Waals surface area contributed by atoms with Crippen LogP contribution in [0.25, 0.3) is 0 Å². The molecule has 0 rings (SSSR count). The molecule has 0 heterocycles. The van der Waals surface area contributed by atoms with Crippen LogP contribution in [0.1, 0.15) is 6.42 Å². The Hall–Kier alpha value is -1.01. The largest absolute Gasteiger partial charge is 0.481 e. The Morgan fingerprint density at radius 2 is 0.675 bits per heavy atom. The number of carbonyl (C=O) groups is 1. The van der Waals surface area contributed by atoms with Crippen LogP contribution in [0.5, 0.6) is 0 Å². The van der Waals surface area contributed by atoms with Gasteiger partial charge in [0.05, 0.1) is 145 Å². The van der Waals surface area contributed by atoms with E-state index >= 15 is 0 Å². The Balaban J connectivity index is 3.03. The fourth-order valence-corrected chi connectivity index (χ4v) is 2.69. The number of carboxylic acid groups (broad SMARTS) is 1. The zero-order valence-corrected chi connectivity index (χ0v) is 24.3. The van der Waals surface area contributed by atoms with Crippen LogP contribution in [-0.2, 0) is 56.9 Å². The van der Waals surface area contributed by atoms with Crippen molar-refractivity contribution < 1.29 is 62.0 Å². The zero-order chi connectivity index (χ0) is 29.0. The number of ether oxygens (including phenoxy) is 11. The molecule has 0 spiro atoms. The average Bonchev–Trinajstić information content (AvgIpc) is 2.95. The standard InChI is InChI=1S/C26H53NO13/c1-30-6-7-32-10-11-34-14-15-36-18-19-38-22-23-40-25-24-39-21-20-37-17-16-35-13-12-33-9-8-31-5-4-27-3-2-26(28)29/h27H,2-25H2,1H3,(H,28,29). The van der Waals surface area contributed by atoms with Crippen LogP contribution in [0.4, 0.5) is 0 Å². The normalized spacial score (nSPS) is 11.4. The van der Waals surface area contributed by atoms with Gasteiger partial charge in [-0.1, -0.05) is 0 Å². The van der Waals surface area contributed by atoms with E-state index in [0.717, 1.165) is 0 Å². The van der Waals surface area contributed by atoms with Crippen molar-refractivity contribution in [2.24, 2.45) is 0 Å². The maximum absolute atomic E-state index is 10.4. The molecule has 0 aliphatic carbocycles. The maximum atomic E-state index is 10.4. The first-order valence-electron chi connectivity index (χ1n) is 14.0. The van der Waals surface area contributed by atoms with E-state index in [1.54, 1.807) is 7.11 Å². The molecule has 0 aliphatic rings. The minimum Gasteiger partial charge on any atom is -0.481 e. The van der Waals surface area contributed by atoms with Crippen LogP contribution in [0.2, 0.25) is 0 Å². The van der Waals surface area contributed by atoms with E-state index in [1.807, 2.05) is 0 Å². The van der Waals surface area contributed by atoms with Gasteiger partial charge in [0.25, 0.3) is 0 Å². The van der Waals surface area contributed by atoms with E-state index in [9.17, 15) is 4.79 Å². The second-order valence-electron chi connectivity index (χ2n) is 8.01. The molecule has 0 aliphatic heterocycles. The van der Waals surface area contributed by atoms with Crippen molar-refractivity contribution in [1.82, 2.24) is 5.32 Å². The molecule has 0 aromatic rings. The van der Waals surface area contributed by atoms with Crippen molar-refractivity contribution in [1.29, 1.82) is 0 Å². The molecule has 0 amide bonds. The van der Waals surface area contributed by atoms with E-state index in [2.05, 4.69) is 5.32 Å². The first-order chi connectivity index (χ1) is 19.8. The van der Waals surface area contributed by atoms with Crippen LogP contribution in [0.3, 0.4) is 0 Å². The lowest BCUT2D eigenvalue weighted by molar-refractivity contribution is -0.136. The molecule has 14 nitrogen and oxygen atoms in total. The first kappa shape index (κ1) is 39.0. The summed E-state index contributed by atoms with van der Waals surface area (Å²) in [6.45, 7) is 11.9. The van der Waals surface area contributed by atoms with Gasteiger partial charge in [-0.15, -0.1) is 0 Å². The van der Waals surface area contributed by atoms with Gasteiger partial charge in [0.15, 0.2) is 0 Å².